The number of ether oxygens (including phenoxy) is 4. The minimum atomic E-state index is -1.08. The van der Waals surface area contributed by atoms with Gasteiger partial charge in [-0.25, -0.2) is 4.90 Å². The molecule has 128 valence electrons. The smallest absolute Gasteiger partial charge is 0.323 e. The van der Waals surface area contributed by atoms with Crippen molar-refractivity contribution in [2.24, 2.45) is 0 Å². The second kappa shape index (κ2) is 9.07. The van der Waals surface area contributed by atoms with Gasteiger partial charge in [0.05, 0.1) is 13.2 Å². The first-order chi connectivity index (χ1) is 10.5. The summed E-state index contributed by atoms with van der Waals surface area (Å²) in [5.74, 6) is -1.86. The number of rotatable bonds is 9. The Morgan fingerprint density at radius 3 is 2.09 bits per heavy atom. The fourth-order valence-electron chi connectivity index (χ4n) is 2.72. The fourth-order valence-corrected chi connectivity index (χ4v) is 2.72. The van der Waals surface area contributed by atoms with Gasteiger partial charge in [-0.05, 0) is 34.1 Å². The van der Waals surface area contributed by atoms with Crippen LogP contribution in [0.25, 0.3) is 0 Å². The van der Waals surface area contributed by atoms with Crippen molar-refractivity contribution in [3.05, 3.63) is 0 Å². The third kappa shape index (κ3) is 4.41. The minimum Gasteiger partial charge on any atom is -0.465 e. The quantitative estimate of drug-likeness (QED) is 0.469. The number of hydrogen-bond acceptors (Lipinski definition) is 7. The summed E-state index contributed by atoms with van der Waals surface area (Å²) >= 11 is 0. The molecule has 0 amide bonds. The first-order valence-corrected chi connectivity index (χ1v) is 7.91. The largest absolute Gasteiger partial charge is 0.465 e. The lowest BCUT2D eigenvalue weighted by Crippen LogP contribution is -2.55. The Morgan fingerprint density at radius 2 is 1.59 bits per heavy atom. The number of likely N-dealkylation sites (tertiary alicyclic amines) is 1. The highest BCUT2D eigenvalue weighted by Crippen LogP contribution is 2.36. The number of carbonyl (C=O) groups is 2. The highest BCUT2D eigenvalue weighted by molar-refractivity contribution is 5.78. The molecular weight excluding hydrogens is 290 g/mol. The predicted octanol–water partition coefficient (Wildman–Crippen LogP) is 1.30. The van der Waals surface area contributed by atoms with Crippen molar-refractivity contribution in [2.75, 3.05) is 33.0 Å². The maximum absolute atomic E-state index is 12.2. The van der Waals surface area contributed by atoms with Crippen LogP contribution in [-0.2, 0) is 28.5 Å². The zero-order valence-electron chi connectivity index (χ0n) is 13.9. The Bertz CT molecular complexity index is 367. The molecule has 1 rings (SSSR count). The summed E-state index contributed by atoms with van der Waals surface area (Å²) < 4.78 is 21.6. The molecule has 1 atom stereocenters. The normalized spacial score (nSPS) is 20.8. The average molecular weight is 317 g/mol. The van der Waals surface area contributed by atoms with Crippen LogP contribution < -0.4 is 0 Å². The van der Waals surface area contributed by atoms with E-state index in [-0.39, 0.29) is 19.1 Å². The second-order valence-corrected chi connectivity index (χ2v) is 4.82. The van der Waals surface area contributed by atoms with Crippen molar-refractivity contribution in [1.29, 1.82) is 0 Å². The Labute approximate surface area is 131 Å². The fraction of sp³-hybridized carbons (Fsp3) is 0.867. The summed E-state index contributed by atoms with van der Waals surface area (Å²) in [6, 6.07) is -0.567. The number of carbonyl (C=O) groups excluding carboxylic acids is 2. The van der Waals surface area contributed by atoms with Crippen LogP contribution in [0.2, 0.25) is 0 Å². The van der Waals surface area contributed by atoms with Crippen LogP contribution in [-0.4, -0.2) is 61.8 Å². The molecule has 1 unspecified atom stereocenters. The van der Waals surface area contributed by atoms with E-state index < -0.39 is 17.9 Å². The molecule has 22 heavy (non-hydrogen) atoms. The summed E-state index contributed by atoms with van der Waals surface area (Å²) in [5, 5.41) is 0. The van der Waals surface area contributed by atoms with E-state index in [2.05, 4.69) is 0 Å². The topological polar surface area (TPSA) is 74.3 Å². The van der Waals surface area contributed by atoms with Gasteiger partial charge in [0.1, 0.15) is 12.6 Å². The lowest BCUT2D eigenvalue weighted by atomic mass is 10.2. The van der Waals surface area contributed by atoms with Crippen LogP contribution in [0.1, 0.15) is 40.5 Å². The van der Waals surface area contributed by atoms with Gasteiger partial charge >= 0.3 is 11.9 Å². The summed E-state index contributed by atoms with van der Waals surface area (Å²) in [6.07, 6.45) is 1.01. The van der Waals surface area contributed by atoms with Gasteiger partial charge in [-0.2, -0.15) is 0 Å². The summed E-state index contributed by atoms with van der Waals surface area (Å²) in [6.45, 7) is 8.51. The number of esters is 2. The van der Waals surface area contributed by atoms with Crippen molar-refractivity contribution in [3.8, 4) is 0 Å². The Hall–Kier alpha value is -1.18. The van der Waals surface area contributed by atoms with E-state index in [1.807, 2.05) is 13.8 Å². The summed E-state index contributed by atoms with van der Waals surface area (Å²) in [5.41, 5.74) is 0. The monoisotopic (exact) mass is 317 g/mol. The van der Waals surface area contributed by atoms with Crippen LogP contribution in [0.3, 0.4) is 0 Å². The molecule has 7 nitrogen and oxygen atoms in total. The van der Waals surface area contributed by atoms with E-state index >= 15 is 0 Å². The van der Waals surface area contributed by atoms with Gasteiger partial charge in [0.25, 0.3) is 0 Å². The van der Waals surface area contributed by atoms with Gasteiger partial charge in [-0.15, -0.1) is 0 Å². The van der Waals surface area contributed by atoms with Crippen molar-refractivity contribution in [1.82, 2.24) is 4.90 Å². The van der Waals surface area contributed by atoms with Crippen molar-refractivity contribution >= 4 is 11.9 Å². The SMILES string of the molecule is CCOC(=O)CN1C(C(=O)OCC)CCC1(OCC)OCC. The van der Waals surface area contributed by atoms with E-state index in [0.29, 0.717) is 32.7 Å². The van der Waals surface area contributed by atoms with Gasteiger partial charge < -0.3 is 18.9 Å². The summed E-state index contributed by atoms with van der Waals surface area (Å²) in [4.78, 5) is 25.7. The van der Waals surface area contributed by atoms with Crippen molar-refractivity contribution in [3.63, 3.8) is 0 Å². The standard InChI is InChI=1S/C15H27NO6/c1-5-19-13(17)11-16-12(14(18)20-6-2)9-10-15(16,21-7-3)22-8-4/h12H,5-11H2,1-4H3. The van der Waals surface area contributed by atoms with Gasteiger partial charge in [0.2, 0.25) is 5.91 Å². The molecule has 1 heterocycles. The molecule has 0 aromatic carbocycles. The highest BCUT2D eigenvalue weighted by atomic mass is 16.7. The second-order valence-electron chi connectivity index (χ2n) is 4.82. The van der Waals surface area contributed by atoms with Gasteiger partial charge in [-0.3, -0.25) is 9.59 Å². The van der Waals surface area contributed by atoms with Crippen LogP contribution in [0, 0.1) is 0 Å². The Kier molecular flexibility index (Phi) is 7.78. The molecule has 7 heteroatoms. The first kappa shape index (κ1) is 18.9. The molecule has 1 aliphatic heterocycles. The molecule has 1 aliphatic rings. The number of nitrogens with zero attached hydrogens (tertiary/aromatic N) is 1. The predicted molar refractivity (Wildman–Crippen MR) is 79.0 cm³/mol. The van der Waals surface area contributed by atoms with Crippen molar-refractivity contribution in [2.45, 2.75) is 52.5 Å². The van der Waals surface area contributed by atoms with E-state index in [1.54, 1.807) is 18.7 Å². The van der Waals surface area contributed by atoms with Crippen LogP contribution in [0.15, 0.2) is 0 Å². The molecule has 0 aliphatic carbocycles. The van der Waals surface area contributed by atoms with E-state index in [9.17, 15) is 9.59 Å². The molecule has 0 bridgehead atoms. The third-order valence-corrected chi connectivity index (χ3v) is 3.45. The average Bonchev–Trinajstić information content (AvgIpc) is 2.79. The molecule has 1 saturated heterocycles. The van der Waals surface area contributed by atoms with Crippen molar-refractivity contribution < 1.29 is 28.5 Å². The lowest BCUT2D eigenvalue weighted by molar-refractivity contribution is -0.304. The zero-order valence-corrected chi connectivity index (χ0v) is 13.9. The number of hydrogen-bond donors (Lipinski definition) is 0. The van der Waals surface area contributed by atoms with Gasteiger partial charge in [-0.1, -0.05) is 0 Å². The first-order valence-electron chi connectivity index (χ1n) is 7.91. The molecule has 0 saturated carbocycles. The van der Waals surface area contributed by atoms with E-state index in [0.717, 1.165) is 0 Å². The molecule has 0 aromatic rings. The maximum atomic E-state index is 12.2. The van der Waals surface area contributed by atoms with Crippen LogP contribution >= 0.6 is 0 Å². The van der Waals surface area contributed by atoms with Crippen LogP contribution in [0.5, 0.6) is 0 Å². The zero-order chi connectivity index (χ0) is 16.6. The third-order valence-electron chi connectivity index (χ3n) is 3.45. The summed E-state index contributed by atoms with van der Waals surface area (Å²) in [7, 11) is 0. The van der Waals surface area contributed by atoms with E-state index in [4.69, 9.17) is 18.9 Å². The maximum Gasteiger partial charge on any atom is 0.323 e. The molecular formula is C15H27NO6. The van der Waals surface area contributed by atoms with Crippen LogP contribution in [0.4, 0.5) is 0 Å². The molecule has 1 fully saturated rings. The minimum absolute atomic E-state index is 0.0721. The van der Waals surface area contributed by atoms with Gasteiger partial charge in [0, 0.05) is 19.6 Å². The lowest BCUT2D eigenvalue weighted by Gasteiger charge is -2.38. The Morgan fingerprint density at radius 1 is 1.00 bits per heavy atom. The van der Waals surface area contributed by atoms with E-state index in [1.165, 1.54) is 0 Å². The molecule has 0 N–H and O–H groups in total. The molecule has 0 spiro atoms. The van der Waals surface area contributed by atoms with Gasteiger partial charge in [0.15, 0.2) is 0 Å². The highest BCUT2D eigenvalue weighted by Gasteiger charge is 2.52. The molecule has 0 radical (unpaired) electrons. The Balaban J connectivity index is 2.99. The molecule has 0 aromatic heterocycles.